The van der Waals surface area contributed by atoms with E-state index in [4.69, 9.17) is 23.8 Å². The monoisotopic (exact) mass is 589 g/mol. The highest BCUT2D eigenvalue weighted by Crippen LogP contribution is 2.31. The van der Waals surface area contributed by atoms with Crippen LogP contribution in [0.15, 0.2) is 77.3 Å². The minimum Gasteiger partial charge on any atom is -0.450 e. The van der Waals surface area contributed by atoms with Crippen LogP contribution in [0.5, 0.6) is 0 Å². The van der Waals surface area contributed by atoms with Crippen molar-refractivity contribution >= 4 is 18.1 Å². The minimum absolute atomic E-state index is 0.0884. The fourth-order valence-electron chi connectivity index (χ4n) is 4.75. The summed E-state index contributed by atoms with van der Waals surface area (Å²) < 4.78 is 35.1. The molecule has 0 amide bonds. The van der Waals surface area contributed by atoms with Crippen molar-refractivity contribution in [3.63, 3.8) is 0 Å². The van der Waals surface area contributed by atoms with Gasteiger partial charge in [-0.25, -0.2) is 14.0 Å². The first-order valence-electron chi connectivity index (χ1n) is 13.5. The average Bonchev–Trinajstić information content (AvgIpc) is 3.48. The van der Waals surface area contributed by atoms with Crippen LogP contribution in [-0.4, -0.2) is 63.7 Å². The normalized spacial score (nSPS) is 14.6. The van der Waals surface area contributed by atoms with Crippen molar-refractivity contribution in [3.05, 3.63) is 84.2 Å². The Morgan fingerprint density at radius 3 is 2.30 bits per heavy atom. The molecule has 0 atom stereocenters. The molecule has 1 aromatic heterocycles. The maximum absolute atomic E-state index is 14.8. The number of likely N-dealkylation sites (tertiary alicyclic amines) is 1. The van der Waals surface area contributed by atoms with Crippen molar-refractivity contribution in [1.82, 2.24) is 15.0 Å². The van der Waals surface area contributed by atoms with Gasteiger partial charge in [0.25, 0.3) is 11.7 Å². The molecule has 1 saturated heterocycles. The molecule has 11 nitrogen and oxygen atoms in total. The quantitative estimate of drug-likeness (QED) is 0.183. The third-order valence-corrected chi connectivity index (χ3v) is 6.90. The van der Waals surface area contributed by atoms with Gasteiger partial charge in [0.15, 0.2) is 12.4 Å². The summed E-state index contributed by atoms with van der Waals surface area (Å²) in [7, 11) is 0. The Bertz CT molecular complexity index is 1600. The van der Waals surface area contributed by atoms with Gasteiger partial charge in [0.05, 0.1) is 0 Å². The maximum atomic E-state index is 14.8. The van der Waals surface area contributed by atoms with E-state index >= 15 is 0 Å². The second kappa shape index (κ2) is 12.8. The number of ketones is 1. The van der Waals surface area contributed by atoms with Crippen molar-refractivity contribution in [2.75, 3.05) is 19.7 Å². The highest BCUT2D eigenvalue weighted by Gasteiger charge is 2.43. The molecular weight excluding hydrogens is 561 g/mol. The molecule has 0 spiro atoms. The molecular formula is C31H28FN3O8. The highest BCUT2D eigenvalue weighted by atomic mass is 19.1. The zero-order valence-electron chi connectivity index (χ0n) is 23.2. The molecule has 5 rings (SSSR count). The smallest absolute Gasteiger partial charge is 0.450 e. The van der Waals surface area contributed by atoms with Crippen molar-refractivity contribution < 1.29 is 42.6 Å². The third-order valence-electron chi connectivity index (χ3n) is 6.90. The van der Waals surface area contributed by atoms with E-state index in [0.717, 1.165) is 11.1 Å². The molecule has 0 saturated carbocycles. The van der Waals surface area contributed by atoms with Crippen molar-refractivity contribution in [1.29, 1.82) is 0 Å². The third kappa shape index (κ3) is 7.41. The second-order valence-corrected chi connectivity index (χ2v) is 10.1. The minimum atomic E-state index is -1.69. The molecule has 0 bridgehead atoms. The van der Waals surface area contributed by atoms with Crippen LogP contribution in [-0.2, 0) is 25.5 Å². The molecule has 0 radical (unpaired) electrons. The van der Waals surface area contributed by atoms with Crippen LogP contribution < -0.4 is 0 Å². The van der Waals surface area contributed by atoms with Gasteiger partial charge in [-0.1, -0.05) is 65.8 Å². The number of aromatic nitrogens is 2. The predicted molar refractivity (Wildman–Crippen MR) is 150 cm³/mol. The number of carbonyl (C=O) groups excluding carboxylic acids is 2. The topological polar surface area (TPSA) is 141 Å². The number of hydrogen-bond acceptors (Lipinski definition) is 10. The zero-order chi connectivity index (χ0) is 30.4. The molecule has 4 aromatic rings. The van der Waals surface area contributed by atoms with Gasteiger partial charge in [0.1, 0.15) is 5.82 Å². The second-order valence-electron chi connectivity index (χ2n) is 10.1. The Labute approximate surface area is 245 Å². The molecule has 0 aliphatic carbocycles. The van der Waals surface area contributed by atoms with Crippen molar-refractivity contribution in [3.8, 4) is 34.0 Å². The number of hydrogen-bond donors (Lipinski definition) is 1. The molecule has 43 heavy (non-hydrogen) atoms. The van der Waals surface area contributed by atoms with Crippen molar-refractivity contribution in [2.45, 2.75) is 32.1 Å². The van der Waals surface area contributed by atoms with Crippen LogP contribution in [0.4, 0.5) is 14.0 Å². The summed E-state index contributed by atoms with van der Waals surface area (Å²) in [6, 6.07) is 21.6. The maximum Gasteiger partial charge on any atom is 0.512 e. The predicted octanol–water partition coefficient (Wildman–Crippen LogP) is 5.94. The van der Waals surface area contributed by atoms with E-state index in [-0.39, 0.29) is 24.5 Å². The van der Waals surface area contributed by atoms with Gasteiger partial charge in [-0.2, -0.15) is 4.98 Å². The van der Waals surface area contributed by atoms with E-state index in [1.807, 2.05) is 54.6 Å². The van der Waals surface area contributed by atoms with Crippen LogP contribution in [0.25, 0.3) is 34.0 Å². The van der Waals surface area contributed by atoms with Gasteiger partial charge in [-0.15, -0.1) is 0 Å². The SMILES string of the molecule is CC(=O)COC(=O)OC1(OC(=O)O)CCN(Cc2ccc(-c3noc(-c4ccc(-c5ccccc5)c(F)c4)n3)cc2)CC1. The Hall–Kier alpha value is -5.10. The number of rotatable bonds is 9. The van der Waals surface area contributed by atoms with E-state index in [2.05, 4.69) is 15.0 Å². The number of halogens is 1. The van der Waals surface area contributed by atoms with Gasteiger partial charge in [-0.3, -0.25) is 9.69 Å². The average molecular weight is 590 g/mol. The molecule has 12 heteroatoms. The van der Waals surface area contributed by atoms with E-state index in [9.17, 15) is 18.8 Å². The Morgan fingerprint density at radius 2 is 1.65 bits per heavy atom. The van der Waals surface area contributed by atoms with Crippen LogP contribution >= 0.6 is 0 Å². The molecule has 1 fully saturated rings. The number of Topliss-reactive ketones (excluding diaryl/α,β-unsaturated/α-hetero) is 1. The molecule has 1 N–H and O–H groups in total. The van der Waals surface area contributed by atoms with E-state index in [0.29, 0.717) is 42.1 Å². The summed E-state index contributed by atoms with van der Waals surface area (Å²) in [5.41, 5.74) is 3.41. The lowest BCUT2D eigenvalue weighted by Crippen LogP contribution is -2.49. The van der Waals surface area contributed by atoms with Gasteiger partial charge >= 0.3 is 12.3 Å². The van der Waals surface area contributed by atoms with E-state index < -0.39 is 30.5 Å². The standard InChI is InChI=1S/C31H28FN3O8/c1-20(36)19-40-30(39)42-31(41-29(37)38)13-15-35(16-14-31)18-21-7-9-23(10-8-21)27-33-28(43-34-27)24-11-12-25(26(32)17-24)22-5-3-2-4-6-22/h2-12,17H,13-16,18-19H2,1H3,(H,37,38). The summed E-state index contributed by atoms with van der Waals surface area (Å²) in [5.74, 6) is -1.91. The highest BCUT2D eigenvalue weighted by molar-refractivity contribution is 5.78. The molecule has 0 unspecified atom stereocenters. The lowest BCUT2D eigenvalue weighted by Gasteiger charge is -2.38. The zero-order valence-corrected chi connectivity index (χ0v) is 23.2. The summed E-state index contributed by atoms with van der Waals surface area (Å²) in [6.07, 6.45) is -2.57. The van der Waals surface area contributed by atoms with E-state index in [1.54, 1.807) is 12.1 Å². The van der Waals surface area contributed by atoms with Crippen LogP contribution in [0.1, 0.15) is 25.3 Å². The fraction of sp³-hybridized carbons (Fsp3) is 0.258. The summed E-state index contributed by atoms with van der Waals surface area (Å²) in [5, 5.41) is 13.2. The number of nitrogens with zero attached hydrogens (tertiary/aromatic N) is 3. The molecule has 2 heterocycles. The van der Waals surface area contributed by atoms with Gasteiger partial charge in [0.2, 0.25) is 5.82 Å². The first kappa shape index (κ1) is 29.4. The first-order valence-corrected chi connectivity index (χ1v) is 13.5. The van der Waals surface area contributed by atoms with Gasteiger partial charge in [0, 0.05) is 49.2 Å². The van der Waals surface area contributed by atoms with Crippen LogP contribution in [0, 0.1) is 5.82 Å². The lowest BCUT2D eigenvalue weighted by molar-refractivity contribution is -0.209. The number of piperidine rings is 1. The number of benzene rings is 3. The summed E-state index contributed by atoms with van der Waals surface area (Å²) >= 11 is 0. The fourth-order valence-corrected chi connectivity index (χ4v) is 4.75. The Morgan fingerprint density at radius 1 is 0.953 bits per heavy atom. The Kier molecular flexibility index (Phi) is 8.77. The molecule has 3 aromatic carbocycles. The Balaban J connectivity index is 1.19. The number of ether oxygens (including phenoxy) is 3. The van der Waals surface area contributed by atoms with Crippen LogP contribution in [0.3, 0.4) is 0 Å². The molecule has 1 aliphatic rings. The number of carbonyl (C=O) groups is 3. The van der Waals surface area contributed by atoms with Gasteiger partial charge < -0.3 is 23.8 Å². The number of carboxylic acid groups (broad SMARTS) is 1. The summed E-state index contributed by atoms with van der Waals surface area (Å²) in [4.78, 5) is 40.8. The van der Waals surface area contributed by atoms with Crippen LogP contribution in [0.2, 0.25) is 0 Å². The largest absolute Gasteiger partial charge is 0.512 e. The van der Waals surface area contributed by atoms with Gasteiger partial charge in [-0.05, 0) is 30.2 Å². The molecule has 1 aliphatic heterocycles. The lowest BCUT2D eigenvalue weighted by atomic mass is 10.0. The van der Waals surface area contributed by atoms with E-state index in [1.165, 1.54) is 13.0 Å². The van der Waals surface area contributed by atoms with Crippen molar-refractivity contribution in [2.24, 2.45) is 0 Å². The molecule has 222 valence electrons. The summed E-state index contributed by atoms with van der Waals surface area (Å²) in [6.45, 7) is 2.07. The first-order chi connectivity index (χ1) is 20.7.